The molecule has 2 aliphatic heterocycles. The number of rotatable bonds is 2. The van der Waals surface area contributed by atoms with Crippen LogP contribution in [-0.4, -0.2) is 61.5 Å². The van der Waals surface area contributed by atoms with E-state index in [1.54, 1.807) is 6.92 Å². The first kappa shape index (κ1) is 12.8. The summed E-state index contributed by atoms with van der Waals surface area (Å²) in [5.74, 6) is 1.04. The number of hydrogen-bond donors (Lipinski definition) is 1. The lowest BCUT2D eigenvalue weighted by Crippen LogP contribution is -2.40. The van der Waals surface area contributed by atoms with Crippen molar-refractivity contribution in [2.75, 3.05) is 45.8 Å². The molecular formula is C13H25N3O. The molecule has 0 bridgehead atoms. The van der Waals surface area contributed by atoms with Crippen molar-refractivity contribution in [1.82, 2.24) is 15.1 Å². The van der Waals surface area contributed by atoms with E-state index < -0.39 is 0 Å². The van der Waals surface area contributed by atoms with Gasteiger partial charge in [-0.15, -0.1) is 0 Å². The fourth-order valence-corrected chi connectivity index (χ4v) is 2.91. The predicted molar refractivity (Wildman–Crippen MR) is 68.9 cm³/mol. The van der Waals surface area contributed by atoms with Crippen molar-refractivity contribution in [2.45, 2.75) is 26.2 Å². The minimum Gasteiger partial charge on any atom is -0.342 e. The molecule has 1 N–H and O–H groups in total. The summed E-state index contributed by atoms with van der Waals surface area (Å²) in [6, 6.07) is 0. The maximum Gasteiger partial charge on any atom is 0.219 e. The van der Waals surface area contributed by atoms with Crippen LogP contribution in [0.15, 0.2) is 0 Å². The summed E-state index contributed by atoms with van der Waals surface area (Å²) in [5.41, 5.74) is 0. The maximum atomic E-state index is 11.3. The highest BCUT2D eigenvalue weighted by molar-refractivity contribution is 5.73. The van der Waals surface area contributed by atoms with Crippen molar-refractivity contribution in [1.29, 1.82) is 0 Å². The van der Waals surface area contributed by atoms with Crippen LogP contribution in [0.2, 0.25) is 0 Å². The molecule has 1 amide bonds. The Bertz CT molecular complexity index is 251. The van der Waals surface area contributed by atoms with Crippen molar-refractivity contribution < 1.29 is 4.79 Å². The van der Waals surface area contributed by atoms with Gasteiger partial charge in [-0.25, -0.2) is 0 Å². The molecule has 2 aliphatic rings. The van der Waals surface area contributed by atoms with E-state index in [9.17, 15) is 4.79 Å². The van der Waals surface area contributed by atoms with Gasteiger partial charge in [-0.2, -0.15) is 0 Å². The van der Waals surface area contributed by atoms with E-state index in [0.717, 1.165) is 38.5 Å². The van der Waals surface area contributed by atoms with Crippen molar-refractivity contribution >= 4 is 5.91 Å². The lowest BCUT2D eigenvalue weighted by atomic mass is 9.99. The third kappa shape index (κ3) is 3.96. The molecule has 1 atom stereocenters. The largest absolute Gasteiger partial charge is 0.342 e. The molecule has 0 aromatic heterocycles. The summed E-state index contributed by atoms with van der Waals surface area (Å²) in [6.07, 6.45) is 3.80. The average Bonchev–Trinajstić information content (AvgIpc) is 2.56. The fourth-order valence-electron chi connectivity index (χ4n) is 2.91. The fraction of sp³-hybridized carbons (Fsp3) is 0.923. The number of amides is 1. The minimum atomic E-state index is 0.228. The van der Waals surface area contributed by atoms with Gasteiger partial charge in [-0.3, -0.25) is 4.79 Å². The Morgan fingerprint density at radius 3 is 2.82 bits per heavy atom. The molecule has 4 heteroatoms. The average molecular weight is 239 g/mol. The van der Waals surface area contributed by atoms with Gasteiger partial charge in [-0.05, 0) is 44.8 Å². The second-order valence-electron chi connectivity index (χ2n) is 5.37. The number of hydrogen-bond acceptors (Lipinski definition) is 3. The molecular weight excluding hydrogens is 214 g/mol. The summed E-state index contributed by atoms with van der Waals surface area (Å²) in [6.45, 7) is 9.31. The third-order valence-electron chi connectivity index (χ3n) is 3.95. The smallest absolute Gasteiger partial charge is 0.219 e. The first-order chi connectivity index (χ1) is 8.25. The summed E-state index contributed by atoms with van der Waals surface area (Å²) in [4.78, 5) is 15.9. The molecule has 2 fully saturated rings. The van der Waals surface area contributed by atoms with E-state index in [0.29, 0.717) is 0 Å². The lowest BCUT2D eigenvalue weighted by Gasteiger charge is -2.29. The maximum absolute atomic E-state index is 11.3. The zero-order chi connectivity index (χ0) is 12.1. The van der Waals surface area contributed by atoms with Crippen molar-refractivity contribution in [2.24, 2.45) is 5.92 Å². The van der Waals surface area contributed by atoms with E-state index in [4.69, 9.17) is 0 Å². The van der Waals surface area contributed by atoms with Gasteiger partial charge in [0.2, 0.25) is 5.91 Å². The van der Waals surface area contributed by atoms with Gasteiger partial charge in [0.05, 0.1) is 0 Å². The molecule has 4 nitrogen and oxygen atoms in total. The molecule has 98 valence electrons. The molecule has 0 aromatic carbocycles. The van der Waals surface area contributed by atoms with Crippen LogP contribution >= 0.6 is 0 Å². The van der Waals surface area contributed by atoms with Crippen LogP contribution in [-0.2, 0) is 4.79 Å². The molecule has 2 heterocycles. The normalized spacial score (nSPS) is 27.8. The summed E-state index contributed by atoms with van der Waals surface area (Å²) in [5, 5.41) is 3.48. The number of nitrogens with one attached hydrogen (secondary N) is 1. The number of nitrogens with zero attached hydrogens (tertiary/aromatic N) is 2. The molecule has 0 radical (unpaired) electrons. The van der Waals surface area contributed by atoms with Gasteiger partial charge in [-0.1, -0.05) is 0 Å². The van der Waals surface area contributed by atoms with Crippen molar-refractivity contribution in [3.05, 3.63) is 0 Å². The predicted octanol–water partition coefficient (Wildman–Crippen LogP) is 0.540. The van der Waals surface area contributed by atoms with E-state index in [-0.39, 0.29) is 5.91 Å². The van der Waals surface area contributed by atoms with E-state index in [1.165, 1.54) is 32.5 Å². The van der Waals surface area contributed by atoms with Crippen LogP contribution in [0.3, 0.4) is 0 Å². The Morgan fingerprint density at radius 1 is 1.24 bits per heavy atom. The number of carbonyl (C=O) groups excluding carboxylic acids is 1. The Hall–Kier alpha value is -0.610. The van der Waals surface area contributed by atoms with Gasteiger partial charge < -0.3 is 15.1 Å². The molecule has 0 saturated carbocycles. The second kappa shape index (κ2) is 6.36. The van der Waals surface area contributed by atoms with Crippen LogP contribution < -0.4 is 5.32 Å². The van der Waals surface area contributed by atoms with Crippen LogP contribution in [0.4, 0.5) is 0 Å². The zero-order valence-electron chi connectivity index (χ0n) is 11.0. The minimum absolute atomic E-state index is 0.228. The van der Waals surface area contributed by atoms with E-state index >= 15 is 0 Å². The Labute approximate surface area is 104 Å². The highest BCUT2D eigenvalue weighted by Gasteiger charge is 2.20. The van der Waals surface area contributed by atoms with Gasteiger partial charge in [0.15, 0.2) is 0 Å². The molecule has 0 aliphatic carbocycles. The van der Waals surface area contributed by atoms with Crippen LogP contribution in [0.1, 0.15) is 26.2 Å². The standard InChI is InChI=1S/C13H25N3O/c1-12(17)16-7-3-6-15(8-9-16)11-13-4-2-5-14-10-13/h13-14H,2-11H2,1H3/t13-/m1/s1. The molecule has 17 heavy (non-hydrogen) atoms. The summed E-state index contributed by atoms with van der Waals surface area (Å²) in [7, 11) is 0. The molecule has 2 saturated heterocycles. The molecule has 2 rings (SSSR count). The quantitative estimate of drug-likeness (QED) is 0.764. The lowest BCUT2D eigenvalue weighted by molar-refractivity contribution is -0.128. The molecule has 0 unspecified atom stereocenters. The monoisotopic (exact) mass is 239 g/mol. The highest BCUT2D eigenvalue weighted by Crippen LogP contribution is 2.13. The third-order valence-corrected chi connectivity index (χ3v) is 3.95. The second-order valence-corrected chi connectivity index (χ2v) is 5.37. The topological polar surface area (TPSA) is 35.6 Å². The van der Waals surface area contributed by atoms with Gasteiger partial charge >= 0.3 is 0 Å². The highest BCUT2D eigenvalue weighted by atomic mass is 16.2. The Kier molecular flexibility index (Phi) is 4.80. The first-order valence-electron chi connectivity index (χ1n) is 6.94. The van der Waals surface area contributed by atoms with Crippen molar-refractivity contribution in [3.8, 4) is 0 Å². The van der Waals surface area contributed by atoms with E-state index in [1.807, 2.05) is 4.90 Å². The SMILES string of the molecule is CC(=O)N1CCCN(C[C@@H]2CCCNC2)CC1. The molecule has 0 aromatic rings. The van der Waals surface area contributed by atoms with Crippen LogP contribution in [0.25, 0.3) is 0 Å². The van der Waals surface area contributed by atoms with Crippen LogP contribution in [0, 0.1) is 5.92 Å². The summed E-state index contributed by atoms with van der Waals surface area (Å²) >= 11 is 0. The van der Waals surface area contributed by atoms with E-state index in [2.05, 4.69) is 10.2 Å². The first-order valence-corrected chi connectivity index (χ1v) is 6.94. The Balaban J connectivity index is 1.76. The van der Waals surface area contributed by atoms with Crippen molar-refractivity contribution in [3.63, 3.8) is 0 Å². The number of carbonyl (C=O) groups is 1. The van der Waals surface area contributed by atoms with Crippen LogP contribution in [0.5, 0.6) is 0 Å². The summed E-state index contributed by atoms with van der Waals surface area (Å²) < 4.78 is 0. The molecule has 0 spiro atoms. The zero-order valence-corrected chi connectivity index (χ0v) is 11.0. The number of piperidine rings is 1. The van der Waals surface area contributed by atoms with Gasteiger partial charge in [0.25, 0.3) is 0 Å². The van der Waals surface area contributed by atoms with Gasteiger partial charge in [0.1, 0.15) is 0 Å². The van der Waals surface area contributed by atoms with Gasteiger partial charge in [0, 0.05) is 33.1 Å². The Morgan fingerprint density at radius 2 is 2.12 bits per heavy atom.